The summed E-state index contributed by atoms with van der Waals surface area (Å²) in [5.74, 6) is 1.34. The Bertz CT molecular complexity index is 73.4. The molecule has 0 heterocycles. The van der Waals surface area contributed by atoms with Crippen LogP contribution in [0, 0.1) is 63.7 Å². The van der Waals surface area contributed by atoms with Crippen LogP contribution in [0.1, 0.15) is 6.92 Å². The topological polar surface area (TPSA) is 0 Å². The van der Waals surface area contributed by atoms with E-state index in [0.29, 0.717) is 0 Å². The molecule has 0 aromatic heterocycles. The average Bonchev–Trinajstić information content (AvgIpc) is 2.57. The Hall–Kier alpha value is 0.883. The molecule has 2 aliphatic carbocycles. The molecule has 2 rings (SSSR count). The van der Waals surface area contributed by atoms with Crippen molar-refractivity contribution in [3.63, 3.8) is 0 Å². The van der Waals surface area contributed by atoms with E-state index >= 15 is 0 Å². The van der Waals surface area contributed by atoms with Crippen LogP contribution in [0.25, 0.3) is 0 Å². The molecule has 0 atom stereocenters. The van der Waals surface area contributed by atoms with Gasteiger partial charge in [0.2, 0.25) is 0 Å². The average molecular weight is 237 g/mol. The minimum atomic E-state index is 0. The second kappa shape index (κ2) is 8.48. The zero-order chi connectivity index (χ0) is 7.94. The molecule has 0 aromatic carbocycles. The third kappa shape index (κ3) is 6.40. The summed E-state index contributed by atoms with van der Waals surface area (Å²) < 4.78 is 0. The zero-order valence-corrected chi connectivity index (χ0v) is 10.9. The van der Waals surface area contributed by atoms with E-state index in [0.717, 1.165) is 0 Å². The Morgan fingerprint density at radius 2 is 1.00 bits per heavy atom. The summed E-state index contributed by atoms with van der Waals surface area (Å²) in [7, 11) is 0. The molecule has 2 fully saturated rings. The van der Waals surface area contributed by atoms with Gasteiger partial charge in [0.25, 0.3) is 0 Å². The number of hydrogen-bond donors (Lipinski definition) is 0. The van der Waals surface area contributed by atoms with E-state index in [9.17, 15) is 0 Å². The first-order chi connectivity index (χ1) is 5.39. The van der Waals surface area contributed by atoms with Gasteiger partial charge in [-0.1, -0.05) is 6.92 Å². The molecule has 0 N–H and O–H groups in total. The first-order valence-electron chi connectivity index (χ1n) is 3.74. The molecule has 62 valence electrons. The van der Waals surface area contributed by atoms with Gasteiger partial charge in [-0.15, -0.1) is 0 Å². The normalized spacial score (nSPS) is 22.8. The molecule has 2 aliphatic rings. The number of hydrogen-bond acceptors (Lipinski definition) is 0. The first-order valence-corrected chi connectivity index (χ1v) is 3.74. The van der Waals surface area contributed by atoms with Crippen molar-refractivity contribution in [3.05, 3.63) is 63.7 Å². The van der Waals surface area contributed by atoms with Crippen LogP contribution in [-0.4, -0.2) is 0 Å². The zero-order valence-electron chi connectivity index (χ0n) is 7.40. The molecular formula is C11H14Zr. The van der Waals surface area contributed by atoms with Gasteiger partial charge in [0, 0.05) is 0 Å². The van der Waals surface area contributed by atoms with E-state index in [1.54, 1.807) is 0 Å². The molecule has 2 saturated carbocycles. The summed E-state index contributed by atoms with van der Waals surface area (Å²) in [6.45, 7) is 2.08. The van der Waals surface area contributed by atoms with E-state index in [1.807, 2.05) is 44.9 Å². The third-order valence-corrected chi connectivity index (χ3v) is 1.38. The van der Waals surface area contributed by atoms with Crippen LogP contribution in [0.2, 0.25) is 0 Å². The van der Waals surface area contributed by atoms with Gasteiger partial charge in [-0.05, 0) is 63.7 Å². The van der Waals surface area contributed by atoms with Crippen LogP contribution in [0.5, 0.6) is 0 Å². The summed E-state index contributed by atoms with van der Waals surface area (Å²) in [5.41, 5.74) is 0. The van der Waals surface area contributed by atoms with Gasteiger partial charge in [-0.3, -0.25) is 0 Å². The van der Waals surface area contributed by atoms with Crippen molar-refractivity contribution < 1.29 is 26.2 Å². The van der Waals surface area contributed by atoms with E-state index in [2.05, 4.69) is 19.8 Å². The maximum absolute atomic E-state index is 2.08. The molecule has 0 saturated heterocycles. The van der Waals surface area contributed by atoms with Crippen molar-refractivity contribution in [3.8, 4) is 0 Å². The van der Waals surface area contributed by atoms with Gasteiger partial charge in [0.15, 0.2) is 0 Å². The van der Waals surface area contributed by atoms with Crippen LogP contribution < -0.4 is 0 Å². The van der Waals surface area contributed by atoms with E-state index in [-0.39, 0.29) is 26.2 Å². The van der Waals surface area contributed by atoms with Crippen molar-refractivity contribution in [2.75, 3.05) is 0 Å². The fourth-order valence-electron chi connectivity index (χ4n) is 0.791. The van der Waals surface area contributed by atoms with Gasteiger partial charge in [-0.2, -0.15) is 0 Å². The van der Waals surface area contributed by atoms with Crippen LogP contribution in [0.3, 0.4) is 0 Å². The van der Waals surface area contributed by atoms with Crippen molar-refractivity contribution >= 4 is 0 Å². The van der Waals surface area contributed by atoms with Gasteiger partial charge in [0.1, 0.15) is 0 Å². The molecule has 0 unspecified atom stereocenters. The summed E-state index contributed by atoms with van der Waals surface area (Å²) in [6, 6.07) is 0. The van der Waals surface area contributed by atoms with Crippen molar-refractivity contribution in [1.82, 2.24) is 0 Å². The van der Waals surface area contributed by atoms with Gasteiger partial charge < -0.3 is 0 Å². The monoisotopic (exact) mass is 236 g/mol. The molecule has 0 spiro atoms. The van der Waals surface area contributed by atoms with Gasteiger partial charge in [-0.25, -0.2) is 0 Å². The Balaban J connectivity index is 0.000000189. The molecule has 12 heavy (non-hydrogen) atoms. The first kappa shape index (κ1) is 12.9. The van der Waals surface area contributed by atoms with E-state index in [4.69, 9.17) is 0 Å². The molecule has 0 aromatic rings. The predicted octanol–water partition coefficient (Wildman–Crippen LogP) is 1.90. The van der Waals surface area contributed by atoms with Crippen molar-refractivity contribution in [2.24, 2.45) is 0 Å². The van der Waals surface area contributed by atoms with E-state index in [1.165, 1.54) is 5.92 Å². The van der Waals surface area contributed by atoms with Crippen molar-refractivity contribution in [2.45, 2.75) is 6.92 Å². The Morgan fingerprint density at radius 3 is 1.17 bits per heavy atom. The quantitative estimate of drug-likeness (QED) is 0.604. The minimum absolute atomic E-state index is 0. The predicted molar refractivity (Wildman–Crippen MR) is 50.4 cm³/mol. The van der Waals surface area contributed by atoms with E-state index < -0.39 is 0 Å². The third-order valence-electron chi connectivity index (χ3n) is 1.38. The second-order valence-corrected chi connectivity index (χ2v) is 2.42. The summed E-state index contributed by atoms with van der Waals surface area (Å²) >= 11 is 0. The van der Waals surface area contributed by atoms with Gasteiger partial charge >= 0.3 is 26.2 Å². The fraction of sp³-hybridized carbons (Fsp3) is 0.0909. The molecule has 10 radical (unpaired) electrons. The summed E-state index contributed by atoms with van der Waals surface area (Å²) in [5, 5.41) is 0. The maximum atomic E-state index is 2.08. The van der Waals surface area contributed by atoms with Crippen molar-refractivity contribution in [1.29, 1.82) is 0 Å². The van der Waals surface area contributed by atoms with Crippen LogP contribution in [-0.2, 0) is 26.2 Å². The molecule has 0 bridgehead atoms. The molecule has 0 nitrogen and oxygen atoms in total. The molecule has 1 heteroatoms. The van der Waals surface area contributed by atoms with Gasteiger partial charge in [0.05, 0.1) is 0 Å². The second-order valence-electron chi connectivity index (χ2n) is 2.42. The Labute approximate surface area is 96.6 Å². The summed E-state index contributed by atoms with van der Waals surface area (Å²) in [4.78, 5) is 0. The van der Waals surface area contributed by atoms with Crippen LogP contribution in [0.15, 0.2) is 0 Å². The Morgan fingerprint density at radius 1 is 0.667 bits per heavy atom. The summed E-state index contributed by atoms with van der Waals surface area (Å²) in [6.07, 6.45) is 18.2. The fourth-order valence-corrected chi connectivity index (χ4v) is 0.791. The SMILES string of the molecule is C[C]1[CH][CH][CH][CH]1.[CH]1[CH][CH][CH][CH]1.[ZrH2]. The molecule has 0 aliphatic heterocycles. The molecule has 0 amide bonds. The Kier molecular flexibility index (Phi) is 9.10. The molecular weight excluding hydrogens is 223 g/mol. The number of rotatable bonds is 0. The van der Waals surface area contributed by atoms with Crippen LogP contribution in [0.4, 0.5) is 0 Å². The standard InChI is InChI=1S/C6H7.C5H5.Zr.2H/c1-6-4-2-3-5-6;1-2-4-5-3-1;;;/h2-5H,1H3;1-5H;;;. The van der Waals surface area contributed by atoms with Crippen LogP contribution >= 0.6 is 0 Å².